The minimum Gasteiger partial charge on any atom is -0.469 e. The molecule has 0 aliphatic carbocycles. The summed E-state index contributed by atoms with van der Waals surface area (Å²) in [5.74, 6) is -1.04. The molecule has 0 radical (unpaired) electrons. The highest BCUT2D eigenvalue weighted by Crippen LogP contribution is 2.53. The van der Waals surface area contributed by atoms with Crippen LogP contribution in [0.1, 0.15) is 37.1 Å². The number of carbonyl (C=O) groups is 1. The number of benzene rings is 1. The lowest BCUT2D eigenvalue weighted by Crippen LogP contribution is -2.51. The predicted molar refractivity (Wildman–Crippen MR) is 89.6 cm³/mol. The molecule has 1 aliphatic rings. The summed E-state index contributed by atoms with van der Waals surface area (Å²) < 4.78 is 10.4. The van der Waals surface area contributed by atoms with Crippen molar-refractivity contribution in [1.29, 1.82) is 0 Å². The van der Waals surface area contributed by atoms with Crippen molar-refractivity contribution in [2.75, 3.05) is 7.11 Å². The molecule has 1 aliphatic heterocycles. The fourth-order valence-corrected chi connectivity index (χ4v) is 3.97. The smallest absolute Gasteiger partial charge is 0.326 e. The van der Waals surface area contributed by atoms with Crippen LogP contribution in [0.25, 0.3) is 0 Å². The summed E-state index contributed by atoms with van der Waals surface area (Å²) in [6, 6.07) is 11.7. The fraction of sp³-hybridized carbons (Fsp3) is 0.389. The average molecular weight is 344 g/mol. The van der Waals surface area contributed by atoms with Gasteiger partial charge in [-0.2, -0.15) is 0 Å². The minimum atomic E-state index is -1.51. The molecule has 132 valence electrons. The molecule has 0 amide bonds. The van der Waals surface area contributed by atoms with Crippen LogP contribution >= 0.6 is 0 Å². The Morgan fingerprint density at radius 1 is 1.24 bits per heavy atom. The Bertz CT molecular complexity index is 776. The highest BCUT2D eigenvalue weighted by atomic mass is 16.6. The summed E-state index contributed by atoms with van der Waals surface area (Å²) in [5.41, 5.74) is -2.09. The van der Waals surface area contributed by atoms with Crippen LogP contribution in [0.3, 0.4) is 0 Å². The highest BCUT2D eigenvalue weighted by molar-refractivity contribution is 5.83. The molecule has 0 saturated carbocycles. The van der Waals surface area contributed by atoms with Gasteiger partial charge in [-0.1, -0.05) is 30.3 Å². The van der Waals surface area contributed by atoms with E-state index in [4.69, 9.17) is 9.15 Å². The van der Waals surface area contributed by atoms with Crippen molar-refractivity contribution in [2.45, 2.75) is 36.9 Å². The van der Waals surface area contributed by atoms with E-state index in [1.165, 1.54) is 13.4 Å². The van der Waals surface area contributed by atoms with Crippen LogP contribution in [0.5, 0.6) is 0 Å². The first kappa shape index (κ1) is 17.2. The van der Waals surface area contributed by atoms with E-state index < -0.39 is 29.0 Å². The van der Waals surface area contributed by atoms with Gasteiger partial charge in [0.15, 0.2) is 0 Å². The van der Waals surface area contributed by atoms with Gasteiger partial charge in [0.05, 0.1) is 13.4 Å². The van der Waals surface area contributed by atoms with Gasteiger partial charge in [-0.15, -0.1) is 0 Å². The second-order valence-electron chi connectivity index (χ2n) is 6.61. The highest BCUT2D eigenvalue weighted by Gasteiger charge is 2.70. The fourth-order valence-electron chi connectivity index (χ4n) is 3.97. The van der Waals surface area contributed by atoms with Crippen molar-refractivity contribution in [2.24, 2.45) is 0 Å². The van der Waals surface area contributed by atoms with Gasteiger partial charge in [0.25, 0.3) is 5.54 Å². The second kappa shape index (κ2) is 6.00. The molecule has 2 aromatic rings. The molecule has 3 rings (SSSR count). The lowest BCUT2D eigenvalue weighted by Gasteiger charge is -2.30. The zero-order chi connectivity index (χ0) is 18.2. The van der Waals surface area contributed by atoms with Crippen molar-refractivity contribution in [3.63, 3.8) is 0 Å². The number of ether oxygens (including phenoxy) is 1. The van der Waals surface area contributed by atoms with E-state index in [1.54, 1.807) is 26.0 Å². The summed E-state index contributed by atoms with van der Waals surface area (Å²) in [7, 11) is 1.27. The van der Waals surface area contributed by atoms with Crippen molar-refractivity contribution in [3.05, 3.63) is 70.2 Å². The number of rotatable bonds is 4. The molecule has 1 aromatic heterocycles. The summed E-state index contributed by atoms with van der Waals surface area (Å²) in [4.78, 5) is 24.4. The molecular formula is C18H20N2O5. The molecule has 2 heterocycles. The Morgan fingerprint density at radius 3 is 2.44 bits per heavy atom. The third-order valence-electron chi connectivity index (χ3n) is 5.15. The summed E-state index contributed by atoms with van der Waals surface area (Å²) >= 11 is 0. The Hall–Kier alpha value is -2.67. The Morgan fingerprint density at radius 2 is 1.92 bits per heavy atom. The maximum absolute atomic E-state index is 12.6. The van der Waals surface area contributed by atoms with Gasteiger partial charge in [-0.05, 0) is 24.6 Å². The molecule has 7 heteroatoms. The van der Waals surface area contributed by atoms with Crippen LogP contribution in [0.15, 0.2) is 53.1 Å². The van der Waals surface area contributed by atoms with E-state index in [2.05, 4.69) is 5.32 Å². The lowest BCUT2D eigenvalue weighted by atomic mass is 9.73. The van der Waals surface area contributed by atoms with Crippen LogP contribution in [0.4, 0.5) is 0 Å². The van der Waals surface area contributed by atoms with E-state index in [1.807, 2.05) is 30.3 Å². The number of esters is 1. The van der Waals surface area contributed by atoms with Crippen molar-refractivity contribution >= 4 is 5.97 Å². The number of hydrogen-bond donors (Lipinski definition) is 1. The van der Waals surface area contributed by atoms with E-state index in [0.29, 0.717) is 5.76 Å². The summed E-state index contributed by atoms with van der Waals surface area (Å²) in [6.45, 7) is 3.16. The molecule has 1 N–H and O–H groups in total. The van der Waals surface area contributed by atoms with Gasteiger partial charge in [-0.3, -0.25) is 20.2 Å². The third kappa shape index (κ3) is 2.42. The Balaban J connectivity index is 2.23. The van der Waals surface area contributed by atoms with Crippen LogP contribution in [0, 0.1) is 10.1 Å². The lowest BCUT2D eigenvalue weighted by molar-refractivity contribution is -0.572. The first-order valence-corrected chi connectivity index (χ1v) is 7.94. The third-order valence-corrected chi connectivity index (χ3v) is 5.15. The summed E-state index contributed by atoms with van der Waals surface area (Å²) in [5, 5.41) is 15.4. The summed E-state index contributed by atoms with van der Waals surface area (Å²) in [6.07, 6.45) is 1.45. The molecule has 0 spiro atoms. The van der Waals surface area contributed by atoms with E-state index in [0.717, 1.165) is 5.56 Å². The Labute approximate surface area is 145 Å². The molecule has 1 fully saturated rings. The number of methoxy groups -OCH3 is 1. The van der Waals surface area contributed by atoms with Crippen LogP contribution in [-0.4, -0.2) is 29.1 Å². The first-order valence-electron chi connectivity index (χ1n) is 7.94. The van der Waals surface area contributed by atoms with Gasteiger partial charge in [0, 0.05) is 11.8 Å². The van der Waals surface area contributed by atoms with Crippen LogP contribution in [0.2, 0.25) is 0 Å². The van der Waals surface area contributed by atoms with Crippen molar-refractivity contribution < 1.29 is 18.9 Å². The molecule has 0 unspecified atom stereocenters. The topological polar surface area (TPSA) is 94.6 Å². The number of nitrogens with one attached hydrogen (secondary N) is 1. The maximum atomic E-state index is 12.6. The molecular weight excluding hydrogens is 324 g/mol. The molecule has 0 bridgehead atoms. The minimum absolute atomic E-state index is 0.334. The quantitative estimate of drug-likeness (QED) is 0.520. The zero-order valence-electron chi connectivity index (χ0n) is 14.3. The maximum Gasteiger partial charge on any atom is 0.326 e. The van der Waals surface area contributed by atoms with Crippen molar-refractivity contribution in [1.82, 2.24) is 5.32 Å². The van der Waals surface area contributed by atoms with Gasteiger partial charge < -0.3 is 9.15 Å². The van der Waals surface area contributed by atoms with Gasteiger partial charge >= 0.3 is 5.97 Å². The molecule has 25 heavy (non-hydrogen) atoms. The van der Waals surface area contributed by atoms with Crippen molar-refractivity contribution in [3.8, 4) is 0 Å². The van der Waals surface area contributed by atoms with E-state index >= 15 is 0 Å². The molecule has 1 saturated heterocycles. The Kier molecular flexibility index (Phi) is 4.12. The number of carbonyl (C=O) groups excluding carboxylic acids is 1. The largest absolute Gasteiger partial charge is 0.469 e. The predicted octanol–water partition coefficient (Wildman–Crippen LogP) is 2.67. The molecule has 1 aromatic carbocycles. The van der Waals surface area contributed by atoms with Crippen LogP contribution in [-0.2, 0) is 9.53 Å². The SMILES string of the molecule is COC(=O)[C@@]1(C)N[C@@H](c2ccccc2)[C@@](C)([N+](=O)[O-])[C@@H]1c1ccco1. The average Bonchev–Trinajstić information content (AvgIpc) is 3.20. The standard InChI is InChI=1S/C18H20N2O5/c1-17(16(21)24-3)14(13-10-7-11-25-13)18(2,20(22)23)15(19-17)12-8-5-4-6-9-12/h4-11,14-15,19H,1-3H3/t14-,15+,17+,18+/m1/s1. The number of nitrogens with zero attached hydrogens (tertiary/aromatic N) is 1. The zero-order valence-corrected chi connectivity index (χ0v) is 14.3. The molecule has 7 nitrogen and oxygen atoms in total. The van der Waals surface area contributed by atoms with Crippen LogP contribution < -0.4 is 5.32 Å². The normalized spacial score (nSPS) is 31.6. The molecule has 4 atom stereocenters. The van der Waals surface area contributed by atoms with E-state index in [9.17, 15) is 14.9 Å². The monoisotopic (exact) mass is 344 g/mol. The number of nitro groups is 1. The van der Waals surface area contributed by atoms with E-state index in [-0.39, 0.29) is 4.92 Å². The van der Waals surface area contributed by atoms with Gasteiger partial charge in [0.1, 0.15) is 23.3 Å². The number of hydrogen-bond acceptors (Lipinski definition) is 6. The van der Waals surface area contributed by atoms with Gasteiger partial charge in [-0.25, -0.2) is 0 Å². The number of furan rings is 1. The van der Waals surface area contributed by atoms with Gasteiger partial charge in [0.2, 0.25) is 0 Å². The first-order chi connectivity index (χ1) is 11.9. The second-order valence-corrected chi connectivity index (χ2v) is 6.61.